The minimum Gasteiger partial charge on any atom is -0.469 e. The van der Waals surface area contributed by atoms with Gasteiger partial charge in [-0.25, -0.2) is 0 Å². The summed E-state index contributed by atoms with van der Waals surface area (Å²) in [7, 11) is 0. The van der Waals surface area contributed by atoms with E-state index in [-0.39, 0.29) is 24.0 Å². The Hall–Kier alpha value is -1.54. The number of halogens is 1. The molecule has 27 heavy (non-hydrogen) atoms. The van der Waals surface area contributed by atoms with Crippen LogP contribution in [0, 0.1) is 0 Å². The van der Waals surface area contributed by atoms with E-state index in [2.05, 4.69) is 59.7 Å². The number of rotatable bonds is 7. The number of guanidine groups is 1. The van der Waals surface area contributed by atoms with E-state index in [1.807, 2.05) is 12.1 Å². The molecule has 1 saturated heterocycles. The number of nitrogens with one attached hydrogen (secondary N) is 2. The quantitative estimate of drug-likeness (QED) is 0.360. The SMILES string of the molecule is CCNC(=NCCc1ccco1)NC1CC(C)N(Cc2ccccc2)C1.I. The Labute approximate surface area is 179 Å². The molecular weight excluding hydrogens is 451 g/mol. The first kappa shape index (κ1) is 21.8. The maximum Gasteiger partial charge on any atom is 0.191 e. The second kappa shape index (κ2) is 11.3. The van der Waals surface area contributed by atoms with Gasteiger partial charge in [-0.05, 0) is 38.0 Å². The molecule has 0 amide bonds. The van der Waals surface area contributed by atoms with Crippen molar-refractivity contribution in [2.75, 3.05) is 19.6 Å². The van der Waals surface area contributed by atoms with Crippen LogP contribution in [0.2, 0.25) is 0 Å². The second-order valence-electron chi connectivity index (χ2n) is 6.93. The lowest BCUT2D eigenvalue weighted by atomic mass is 10.2. The van der Waals surface area contributed by atoms with E-state index >= 15 is 0 Å². The van der Waals surface area contributed by atoms with Gasteiger partial charge < -0.3 is 15.1 Å². The Kier molecular flexibility index (Phi) is 9.14. The lowest BCUT2D eigenvalue weighted by Crippen LogP contribution is -2.44. The standard InChI is InChI=1S/C21H30N4O.HI/c1-3-22-21(23-12-11-20-10-7-13-26-20)24-19-14-17(2)25(16-19)15-18-8-5-4-6-9-18;/h4-10,13,17,19H,3,11-12,14-16H2,1-2H3,(H2,22,23,24);1H. The normalized spacial score (nSPS) is 20.3. The van der Waals surface area contributed by atoms with Crippen molar-refractivity contribution in [2.45, 2.75) is 45.3 Å². The van der Waals surface area contributed by atoms with Crippen molar-refractivity contribution < 1.29 is 4.42 Å². The Bertz CT molecular complexity index is 675. The number of hydrogen-bond acceptors (Lipinski definition) is 3. The van der Waals surface area contributed by atoms with Crippen molar-refractivity contribution in [2.24, 2.45) is 4.99 Å². The van der Waals surface area contributed by atoms with Gasteiger partial charge in [0.1, 0.15) is 5.76 Å². The topological polar surface area (TPSA) is 52.8 Å². The second-order valence-corrected chi connectivity index (χ2v) is 6.93. The monoisotopic (exact) mass is 482 g/mol. The molecule has 2 atom stereocenters. The summed E-state index contributed by atoms with van der Waals surface area (Å²) in [6.45, 7) is 8.04. The summed E-state index contributed by atoms with van der Waals surface area (Å²) in [6.07, 6.45) is 3.67. The van der Waals surface area contributed by atoms with Crippen LogP contribution in [0.25, 0.3) is 0 Å². The van der Waals surface area contributed by atoms with Gasteiger partial charge in [-0.2, -0.15) is 0 Å². The Morgan fingerprint density at radius 2 is 2.04 bits per heavy atom. The van der Waals surface area contributed by atoms with Crippen LogP contribution in [0.1, 0.15) is 31.6 Å². The molecule has 0 bridgehead atoms. The molecule has 6 heteroatoms. The molecule has 2 aromatic rings. The molecule has 0 spiro atoms. The number of hydrogen-bond donors (Lipinski definition) is 2. The fourth-order valence-corrected chi connectivity index (χ4v) is 3.49. The maximum atomic E-state index is 5.38. The molecule has 1 aromatic heterocycles. The molecule has 2 unspecified atom stereocenters. The number of benzene rings is 1. The summed E-state index contributed by atoms with van der Waals surface area (Å²) < 4.78 is 5.38. The Balaban J connectivity index is 0.00000261. The third-order valence-electron chi connectivity index (χ3n) is 4.83. The lowest BCUT2D eigenvalue weighted by molar-refractivity contribution is 0.258. The summed E-state index contributed by atoms with van der Waals surface area (Å²) in [4.78, 5) is 7.24. The maximum absolute atomic E-state index is 5.38. The van der Waals surface area contributed by atoms with Gasteiger partial charge in [0.05, 0.1) is 6.26 Å². The minimum absolute atomic E-state index is 0. The van der Waals surface area contributed by atoms with E-state index in [1.54, 1.807) is 6.26 Å². The molecule has 148 valence electrons. The highest BCUT2D eigenvalue weighted by Crippen LogP contribution is 2.20. The zero-order chi connectivity index (χ0) is 18.2. The number of aliphatic imine (C=N–C) groups is 1. The lowest BCUT2D eigenvalue weighted by Gasteiger charge is -2.21. The summed E-state index contributed by atoms with van der Waals surface area (Å²) >= 11 is 0. The molecule has 1 aromatic carbocycles. The van der Waals surface area contributed by atoms with Crippen LogP contribution in [0.15, 0.2) is 58.1 Å². The van der Waals surface area contributed by atoms with Crippen molar-refractivity contribution in [1.29, 1.82) is 0 Å². The third-order valence-corrected chi connectivity index (χ3v) is 4.83. The predicted octanol–water partition coefficient (Wildman–Crippen LogP) is 3.66. The largest absolute Gasteiger partial charge is 0.469 e. The van der Waals surface area contributed by atoms with Crippen molar-refractivity contribution in [3.05, 3.63) is 60.1 Å². The Morgan fingerprint density at radius 3 is 2.74 bits per heavy atom. The number of likely N-dealkylation sites (tertiary alicyclic amines) is 1. The molecule has 3 rings (SSSR count). The van der Waals surface area contributed by atoms with E-state index in [4.69, 9.17) is 9.41 Å². The predicted molar refractivity (Wildman–Crippen MR) is 122 cm³/mol. The van der Waals surface area contributed by atoms with E-state index in [9.17, 15) is 0 Å². The zero-order valence-corrected chi connectivity index (χ0v) is 18.6. The van der Waals surface area contributed by atoms with Gasteiger partial charge in [0, 0.05) is 44.7 Å². The molecule has 1 aliphatic heterocycles. The van der Waals surface area contributed by atoms with Crippen molar-refractivity contribution in [3.8, 4) is 0 Å². The minimum atomic E-state index is 0. The van der Waals surface area contributed by atoms with E-state index in [0.717, 1.165) is 50.7 Å². The molecule has 0 radical (unpaired) electrons. The van der Waals surface area contributed by atoms with Crippen LogP contribution in [0.3, 0.4) is 0 Å². The summed E-state index contributed by atoms with van der Waals surface area (Å²) in [6, 6.07) is 15.6. The van der Waals surface area contributed by atoms with Crippen LogP contribution in [0.5, 0.6) is 0 Å². The average Bonchev–Trinajstić information content (AvgIpc) is 3.26. The van der Waals surface area contributed by atoms with Crippen LogP contribution in [-0.4, -0.2) is 42.6 Å². The number of nitrogens with zero attached hydrogens (tertiary/aromatic N) is 2. The number of furan rings is 1. The highest BCUT2D eigenvalue weighted by Gasteiger charge is 2.29. The van der Waals surface area contributed by atoms with E-state index in [1.165, 1.54) is 5.56 Å². The zero-order valence-electron chi connectivity index (χ0n) is 16.2. The van der Waals surface area contributed by atoms with Gasteiger partial charge in [-0.3, -0.25) is 9.89 Å². The molecule has 2 heterocycles. The summed E-state index contributed by atoms with van der Waals surface area (Å²) in [5.41, 5.74) is 1.37. The highest BCUT2D eigenvalue weighted by molar-refractivity contribution is 14.0. The van der Waals surface area contributed by atoms with Crippen molar-refractivity contribution in [3.63, 3.8) is 0 Å². The smallest absolute Gasteiger partial charge is 0.191 e. The fourth-order valence-electron chi connectivity index (χ4n) is 3.49. The van der Waals surface area contributed by atoms with Crippen molar-refractivity contribution in [1.82, 2.24) is 15.5 Å². The molecule has 0 aliphatic carbocycles. The van der Waals surface area contributed by atoms with Crippen molar-refractivity contribution >= 4 is 29.9 Å². The van der Waals surface area contributed by atoms with Gasteiger partial charge in [-0.15, -0.1) is 24.0 Å². The first-order chi connectivity index (χ1) is 12.7. The van der Waals surface area contributed by atoms with Crippen LogP contribution >= 0.6 is 24.0 Å². The summed E-state index contributed by atoms with van der Waals surface area (Å²) in [5, 5.41) is 6.97. The van der Waals surface area contributed by atoms with Crippen LogP contribution in [0.4, 0.5) is 0 Å². The third kappa shape index (κ3) is 6.84. The molecule has 1 fully saturated rings. The Morgan fingerprint density at radius 1 is 1.22 bits per heavy atom. The summed E-state index contributed by atoms with van der Waals surface area (Å²) in [5.74, 6) is 1.88. The molecule has 1 aliphatic rings. The van der Waals surface area contributed by atoms with Gasteiger partial charge in [-0.1, -0.05) is 30.3 Å². The van der Waals surface area contributed by atoms with Gasteiger partial charge in [0.25, 0.3) is 0 Å². The van der Waals surface area contributed by atoms with E-state index < -0.39 is 0 Å². The molecule has 2 N–H and O–H groups in total. The first-order valence-corrected chi connectivity index (χ1v) is 9.59. The van der Waals surface area contributed by atoms with Crippen LogP contribution < -0.4 is 10.6 Å². The average molecular weight is 482 g/mol. The molecule has 0 saturated carbocycles. The van der Waals surface area contributed by atoms with Crippen LogP contribution in [-0.2, 0) is 13.0 Å². The van der Waals surface area contributed by atoms with E-state index in [0.29, 0.717) is 12.1 Å². The van der Waals surface area contributed by atoms with Gasteiger partial charge in [0.2, 0.25) is 0 Å². The highest BCUT2D eigenvalue weighted by atomic mass is 127. The first-order valence-electron chi connectivity index (χ1n) is 9.59. The molecule has 5 nitrogen and oxygen atoms in total. The molecular formula is C21H31IN4O. The van der Waals surface area contributed by atoms with Gasteiger partial charge in [0.15, 0.2) is 5.96 Å². The van der Waals surface area contributed by atoms with Gasteiger partial charge >= 0.3 is 0 Å². The fraction of sp³-hybridized carbons (Fsp3) is 0.476.